The Morgan fingerprint density at radius 3 is 2.52 bits per heavy atom. The molecule has 1 aliphatic heterocycles. The van der Waals surface area contributed by atoms with Crippen LogP contribution >= 0.6 is 0 Å². The van der Waals surface area contributed by atoms with Crippen LogP contribution in [0.25, 0.3) is 0 Å². The molecular weight excluding hydrogens is 396 g/mol. The molecule has 8 heteroatoms. The van der Waals surface area contributed by atoms with Crippen LogP contribution in [0.4, 0.5) is 10.5 Å². The molecule has 3 N–H and O–H groups in total. The van der Waals surface area contributed by atoms with Crippen molar-refractivity contribution in [1.82, 2.24) is 15.5 Å². The number of carbonyl (C=O) groups is 3. The van der Waals surface area contributed by atoms with Gasteiger partial charge in [-0.3, -0.25) is 19.8 Å². The highest BCUT2D eigenvalue weighted by Crippen LogP contribution is 2.17. The van der Waals surface area contributed by atoms with E-state index < -0.39 is 6.03 Å². The molecule has 1 saturated heterocycles. The van der Waals surface area contributed by atoms with Crippen molar-refractivity contribution in [2.45, 2.75) is 53.1 Å². The number of imide groups is 1. The van der Waals surface area contributed by atoms with Gasteiger partial charge >= 0.3 is 6.03 Å². The lowest BCUT2D eigenvalue weighted by Crippen LogP contribution is -2.46. The third kappa shape index (κ3) is 9.06. The molecule has 1 aliphatic rings. The summed E-state index contributed by atoms with van der Waals surface area (Å²) in [5.74, 6) is -0.310. The molecule has 0 saturated carbocycles. The minimum atomic E-state index is -0.535. The Hall–Kier alpha value is -2.45. The van der Waals surface area contributed by atoms with E-state index in [4.69, 9.17) is 4.74 Å². The number of carbonyl (C=O) groups excluding carboxylic acids is 3. The van der Waals surface area contributed by atoms with Crippen LogP contribution in [0.5, 0.6) is 0 Å². The van der Waals surface area contributed by atoms with Gasteiger partial charge in [-0.1, -0.05) is 17.7 Å². The number of anilines is 1. The van der Waals surface area contributed by atoms with Gasteiger partial charge in [0.05, 0.1) is 12.6 Å². The first-order chi connectivity index (χ1) is 14.7. The standard InChI is InChI=1S/C23H36N4O4/c1-16(2)31-13-5-10-24-22(29)19-8-11-27(12-9-19)15-21(28)26-23(30)25-20-7-6-17(3)14-18(20)4/h6-7,14,16,19H,5,8-13,15H2,1-4H3,(H,24,29)(H2,25,26,28,30). The van der Waals surface area contributed by atoms with Crippen LogP contribution in [0.3, 0.4) is 0 Å². The predicted octanol–water partition coefficient (Wildman–Crippen LogP) is 2.59. The number of hydrogen-bond donors (Lipinski definition) is 3. The number of urea groups is 1. The van der Waals surface area contributed by atoms with Crippen molar-refractivity contribution < 1.29 is 19.1 Å². The Balaban J connectivity index is 1.64. The Kier molecular flexibility index (Phi) is 9.94. The van der Waals surface area contributed by atoms with Gasteiger partial charge in [0.1, 0.15) is 0 Å². The molecule has 0 aromatic heterocycles. The quantitative estimate of drug-likeness (QED) is 0.521. The predicted molar refractivity (Wildman–Crippen MR) is 121 cm³/mol. The topological polar surface area (TPSA) is 99.8 Å². The minimum absolute atomic E-state index is 0.0295. The highest BCUT2D eigenvalue weighted by Gasteiger charge is 2.26. The van der Waals surface area contributed by atoms with Crippen LogP contribution < -0.4 is 16.0 Å². The van der Waals surface area contributed by atoms with Crippen molar-refractivity contribution in [3.05, 3.63) is 29.3 Å². The monoisotopic (exact) mass is 432 g/mol. The van der Waals surface area contributed by atoms with Crippen LogP contribution in [-0.2, 0) is 14.3 Å². The van der Waals surface area contributed by atoms with Gasteiger partial charge in [0.2, 0.25) is 11.8 Å². The minimum Gasteiger partial charge on any atom is -0.379 e. The highest BCUT2D eigenvalue weighted by atomic mass is 16.5. The summed E-state index contributed by atoms with van der Waals surface area (Å²) in [6, 6.07) is 5.16. The fourth-order valence-electron chi connectivity index (χ4n) is 3.58. The van der Waals surface area contributed by atoms with Gasteiger partial charge in [-0.25, -0.2) is 4.79 Å². The van der Waals surface area contributed by atoms with Crippen LogP contribution in [0.15, 0.2) is 18.2 Å². The van der Waals surface area contributed by atoms with E-state index in [1.165, 1.54) is 0 Å². The zero-order valence-electron chi connectivity index (χ0n) is 19.1. The van der Waals surface area contributed by atoms with Gasteiger partial charge < -0.3 is 15.4 Å². The molecule has 1 heterocycles. The number of likely N-dealkylation sites (tertiary alicyclic amines) is 1. The first-order valence-electron chi connectivity index (χ1n) is 11.0. The fourth-order valence-corrected chi connectivity index (χ4v) is 3.58. The molecule has 2 rings (SSSR count). The van der Waals surface area contributed by atoms with Gasteiger partial charge in [-0.05, 0) is 71.7 Å². The normalized spacial score (nSPS) is 15.0. The lowest BCUT2D eigenvalue weighted by atomic mass is 9.96. The maximum atomic E-state index is 12.3. The first-order valence-corrected chi connectivity index (χ1v) is 11.0. The van der Waals surface area contributed by atoms with Crippen LogP contribution in [0.2, 0.25) is 0 Å². The molecule has 1 aromatic carbocycles. The molecular formula is C23H36N4O4. The van der Waals surface area contributed by atoms with Crippen molar-refractivity contribution in [2.75, 3.05) is 38.1 Å². The van der Waals surface area contributed by atoms with Gasteiger partial charge in [-0.15, -0.1) is 0 Å². The highest BCUT2D eigenvalue weighted by molar-refractivity contribution is 6.02. The zero-order valence-corrected chi connectivity index (χ0v) is 19.1. The van der Waals surface area contributed by atoms with Crippen molar-refractivity contribution in [2.24, 2.45) is 5.92 Å². The second kappa shape index (κ2) is 12.4. The van der Waals surface area contributed by atoms with E-state index in [9.17, 15) is 14.4 Å². The Bertz CT molecular complexity index is 758. The molecule has 1 fully saturated rings. The fraction of sp³-hybridized carbons (Fsp3) is 0.609. The summed E-state index contributed by atoms with van der Waals surface area (Å²) >= 11 is 0. The number of nitrogens with one attached hydrogen (secondary N) is 3. The Morgan fingerprint density at radius 2 is 1.87 bits per heavy atom. The lowest BCUT2D eigenvalue weighted by molar-refractivity contribution is -0.126. The number of piperidine rings is 1. The van der Waals surface area contributed by atoms with Crippen molar-refractivity contribution in [1.29, 1.82) is 0 Å². The van der Waals surface area contributed by atoms with E-state index in [-0.39, 0.29) is 30.4 Å². The van der Waals surface area contributed by atoms with E-state index in [1.807, 2.05) is 50.8 Å². The van der Waals surface area contributed by atoms with Crippen molar-refractivity contribution in [3.63, 3.8) is 0 Å². The Labute approximate surface area is 185 Å². The summed E-state index contributed by atoms with van der Waals surface area (Å²) in [6.07, 6.45) is 2.41. The number of benzene rings is 1. The maximum absolute atomic E-state index is 12.3. The molecule has 4 amide bonds. The van der Waals surface area contributed by atoms with E-state index in [0.717, 1.165) is 17.5 Å². The number of amides is 4. The number of aryl methyl sites for hydroxylation is 2. The van der Waals surface area contributed by atoms with E-state index in [2.05, 4.69) is 16.0 Å². The van der Waals surface area contributed by atoms with Crippen LogP contribution in [-0.4, -0.2) is 61.6 Å². The summed E-state index contributed by atoms with van der Waals surface area (Å²) < 4.78 is 5.47. The molecule has 1 aromatic rings. The van der Waals surface area contributed by atoms with Crippen molar-refractivity contribution in [3.8, 4) is 0 Å². The van der Waals surface area contributed by atoms with Gasteiger partial charge in [0.25, 0.3) is 0 Å². The summed E-state index contributed by atoms with van der Waals surface area (Å²) in [6.45, 7) is 10.6. The smallest absolute Gasteiger partial charge is 0.325 e. The van der Waals surface area contributed by atoms with Crippen LogP contribution in [0.1, 0.15) is 44.2 Å². The molecule has 31 heavy (non-hydrogen) atoms. The molecule has 0 atom stereocenters. The first kappa shape index (κ1) is 24.8. The van der Waals surface area contributed by atoms with E-state index in [0.29, 0.717) is 44.8 Å². The van der Waals surface area contributed by atoms with Gasteiger partial charge in [0, 0.05) is 24.8 Å². The number of nitrogens with zero attached hydrogens (tertiary/aromatic N) is 1. The molecule has 172 valence electrons. The number of ether oxygens (including phenoxy) is 1. The second-order valence-corrected chi connectivity index (χ2v) is 8.44. The summed E-state index contributed by atoms with van der Waals surface area (Å²) in [5, 5.41) is 8.06. The van der Waals surface area contributed by atoms with E-state index >= 15 is 0 Å². The zero-order chi connectivity index (χ0) is 22.8. The third-order valence-electron chi connectivity index (χ3n) is 5.28. The Morgan fingerprint density at radius 1 is 1.16 bits per heavy atom. The number of rotatable bonds is 9. The summed E-state index contributed by atoms with van der Waals surface area (Å²) in [4.78, 5) is 38.6. The average molecular weight is 433 g/mol. The third-order valence-corrected chi connectivity index (χ3v) is 5.28. The van der Waals surface area contributed by atoms with Gasteiger partial charge in [0.15, 0.2) is 0 Å². The molecule has 0 spiro atoms. The summed E-state index contributed by atoms with van der Waals surface area (Å²) in [5.41, 5.74) is 2.73. The molecule has 0 bridgehead atoms. The maximum Gasteiger partial charge on any atom is 0.325 e. The summed E-state index contributed by atoms with van der Waals surface area (Å²) in [7, 11) is 0. The van der Waals surface area contributed by atoms with Crippen LogP contribution in [0, 0.1) is 19.8 Å². The second-order valence-electron chi connectivity index (χ2n) is 8.44. The molecule has 0 radical (unpaired) electrons. The average Bonchev–Trinajstić information content (AvgIpc) is 2.70. The SMILES string of the molecule is Cc1ccc(NC(=O)NC(=O)CN2CCC(C(=O)NCCCOC(C)C)CC2)c(C)c1. The lowest BCUT2D eigenvalue weighted by Gasteiger charge is -2.30. The molecule has 0 aliphatic carbocycles. The largest absolute Gasteiger partial charge is 0.379 e. The van der Waals surface area contributed by atoms with E-state index in [1.54, 1.807) is 0 Å². The van der Waals surface area contributed by atoms with Gasteiger partial charge in [-0.2, -0.15) is 0 Å². The molecule has 0 unspecified atom stereocenters. The number of hydrogen-bond acceptors (Lipinski definition) is 5. The van der Waals surface area contributed by atoms with Crippen molar-refractivity contribution >= 4 is 23.5 Å². The molecule has 8 nitrogen and oxygen atoms in total.